The Morgan fingerprint density at radius 3 is 2.94 bits per heavy atom. The predicted molar refractivity (Wildman–Crippen MR) is 71.9 cm³/mol. The Labute approximate surface area is 107 Å². The van der Waals surface area contributed by atoms with E-state index in [1.54, 1.807) is 0 Å². The van der Waals surface area contributed by atoms with Crippen LogP contribution in [0.15, 0.2) is 17.5 Å². The average Bonchev–Trinajstić information content (AvgIpc) is 2.86. The van der Waals surface area contributed by atoms with Crippen LogP contribution in [-0.4, -0.2) is 32.1 Å². The van der Waals surface area contributed by atoms with Crippen LogP contribution in [0.25, 0.3) is 0 Å². The number of hydrogen-bond acceptors (Lipinski definition) is 4. The lowest BCUT2D eigenvalue weighted by Gasteiger charge is -2.04. The van der Waals surface area contributed by atoms with Gasteiger partial charge in [0.2, 0.25) is 0 Å². The molecule has 0 radical (unpaired) electrons. The maximum Gasteiger partial charge on any atom is 0.186 e. The number of ketones is 1. The normalized spacial score (nSPS) is 10.6. The van der Waals surface area contributed by atoms with Crippen LogP contribution < -0.4 is 5.32 Å². The van der Waals surface area contributed by atoms with Gasteiger partial charge in [0.15, 0.2) is 5.78 Å². The van der Waals surface area contributed by atoms with Gasteiger partial charge in [0, 0.05) is 13.2 Å². The molecule has 1 aromatic rings. The van der Waals surface area contributed by atoms with Crippen LogP contribution >= 0.6 is 11.3 Å². The number of Topliss-reactive ketones (excluding diaryl/α,β-unsaturated/α-hetero) is 1. The molecule has 0 saturated carbocycles. The summed E-state index contributed by atoms with van der Waals surface area (Å²) < 4.78 is 5.43. The molecule has 0 aliphatic rings. The van der Waals surface area contributed by atoms with Gasteiger partial charge >= 0.3 is 0 Å². The highest BCUT2D eigenvalue weighted by molar-refractivity contribution is 7.12. The molecule has 1 N–H and O–H groups in total. The van der Waals surface area contributed by atoms with Gasteiger partial charge in [-0.05, 0) is 30.8 Å². The fourth-order valence-corrected chi connectivity index (χ4v) is 2.04. The van der Waals surface area contributed by atoms with Gasteiger partial charge in [-0.2, -0.15) is 0 Å². The molecule has 4 heteroatoms. The molecule has 1 rings (SSSR count). The maximum atomic E-state index is 11.6. The van der Waals surface area contributed by atoms with Crippen molar-refractivity contribution in [3.05, 3.63) is 22.4 Å². The first-order valence-corrected chi connectivity index (χ1v) is 7.07. The molecular weight excluding hydrogens is 234 g/mol. The molecule has 0 aromatic carbocycles. The maximum absolute atomic E-state index is 11.6. The van der Waals surface area contributed by atoms with E-state index in [4.69, 9.17) is 4.74 Å². The Kier molecular flexibility index (Phi) is 7.88. The number of ether oxygens (including phenoxy) is 1. The molecule has 0 aliphatic carbocycles. The van der Waals surface area contributed by atoms with Crippen LogP contribution in [0.1, 0.15) is 35.9 Å². The van der Waals surface area contributed by atoms with E-state index in [0.29, 0.717) is 6.54 Å². The van der Waals surface area contributed by atoms with E-state index in [2.05, 4.69) is 12.2 Å². The number of rotatable bonds is 10. The Hall–Kier alpha value is -0.710. The summed E-state index contributed by atoms with van der Waals surface area (Å²) in [5.41, 5.74) is 0. The molecule has 0 amide bonds. The topological polar surface area (TPSA) is 38.3 Å². The molecule has 1 heterocycles. The first-order valence-electron chi connectivity index (χ1n) is 6.19. The monoisotopic (exact) mass is 255 g/mol. The zero-order valence-electron chi connectivity index (χ0n) is 10.4. The minimum Gasteiger partial charge on any atom is -0.381 e. The van der Waals surface area contributed by atoms with Crippen molar-refractivity contribution in [1.82, 2.24) is 5.32 Å². The highest BCUT2D eigenvalue weighted by atomic mass is 32.1. The van der Waals surface area contributed by atoms with Gasteiger partial charge in [0.05, 0.1) is 11.4 Å². The van der Waals surface area contributed by atoms with E-state index in [9.17, 15) is 4.79 Å². The summed E-state index contributed by atoms with van der Waals surface area (Å²) in [6, 6.07) is 3.77. The second kappa shape index (κ2) is 9.33. The van der Waals surface area contributed by atoms with Crippen molar-refractivity contribution in [2.24, 2.45) is 0 Å². The average molecular weight is 255 g/mol. The fraction of sp³-hybridized carbons (Fsp3) is 0.615. The second-order valence-electron chi connectivity index (χ2n) is 3.90. The van der Waals surface area contributed by atoms with E-state index >= 15 is 0 Å². The van der Waals surface area contributed by atoms with Gasteiger partial charge in [0.1, 0.15) is 0 Å². The lowest BCUT2D eigenvalue weighted by atomic mass is 10.3. The van der Waals surface area contributed by atoms with Crippen molar-refractivity contribution in [3.63, 3.8) is 0 Å². The van der Waals surface area contributed by atoms with Crippen molar-refractivity contribution in [3.8, 4) is 0 Å². The Balaban J connectivity index is 1.92. The van der Waals surface area contributed by atoms with Crippen LogP contribution in [0.4, 0.5) is 0 Å². The number of hydrogen-bond donors (Lipinski definition) is 1. The Morgan fingerprint density at radius 1 is 1.41 bits per heavy atom. The van der Waals surface area contributed by atoms with Gasteiger partial charge in [0.25, 0.3) is 0 Å². The Morgan fingerprint density at radius 2 is 2.24 bits per heavy atom. The number of unbranched alkanes of at least 4 members (excludes halogenated alkanes) is 1. The molecule has 1 aromatic heterocycles. The van der Waals surface area contributed by atoms with Crippen molar-refractivity contribution in [2.45, 2.75) is 26.2 Å². The van der Waals surface area contributed by atoms with E-state index in [0.717, 1.165) is 37.5 Å². The first-order chi connectivity index (χ1) is 8.34. The molecule has 0 aliphatic heterocycles. The van der Waals surface area contributed by atoms with E-state index < -0.39 is 0 Å². The number of thiophene rings is 1. The minimum absolute atomic E-state index is 0.173. The van der Waals surface area contributed by atoms with Gasteiger partial charge < -0.3 is 10.1 Å². The quantitative estimate of drug-likeness (QED) is 0.516. The smallest absolute Gasteiger partial charge is 0.186 e. The predicted octanol–water partition coefficient (Wildman–Crippen LogP) is 2.73. The van der Waals surface area contributed by atoms with Gasteiger partial charge in [-0.25, -0.2) is 0 Å². The summed E-state index contributed by atoms with van der Waals surface area (Å²) in [5.74, 6) is 0.173. The largest absolute Gasteiger partial charge is 0.381 e. The summed E-state index contributed by atoms with van der Waals surface area (Å²) >= 11 is 1.49. The summed E-state index contributed by atoms with van der Waals surface area (Å²) in [5, 5.41) is 5.07. The van der Waals surface area contributed by atoms with Crippen molar-refractivity contribution in [2.75, 3.05) is 26.3 Å². The Bertz CT molecular complexity index is 298. The summed E-state index contributed by atoms with van der Waals surface area (Å²) in [7, 11) is 0. The number of nitrogens with one attached hydrogen (secondary N) is 1. The minimum atomic E-state index is 0.173. The molecule has 96 valence electrons. The zero-order valence-corrected chi connectivity index (χ0v) is 11.2. The summed E-state index contributed by atoms with van der Waals surface area (Å²) in [4.78, 5) is 12.4. The van der Waals surface area contributed by atoms with Gasteiger partial charge in [-0.1, -0.05) is 19.4 Å². The summed E-state index contributed by atoms with van der Waals surface area (Å²) in [6.07, 6.45) is 3.26. The molecule has 0 fully saturated rings. The van der Waals surface area contributed by atoms with Crippen LogP contribution in [0, 0.1) is 0 Å². The molecule has 0 saturated heterocycles. The van der Waals surface area contributed by atoms with Crippen LogP contribution in [0.5, 0.6) is 0 Å². The molecule has 0 bridgehead atoms. The standard InChI is InChI=1S/C13H21NO2S/c1-2-3-8-16-9-5-7-14-11-12(15)13-6-4-10-17-13/h4,6,10,14H,2-3,5,7-9,11H2,1H3. The number of carbonyl (C=O) groups is 1. The summed E-state index contributed by atoms with van der Waals surface area (Å²) in [6.45, 7) is 5.05. The zero-order chi connectivity index (χ0) is 12.3. The van der Waals surface area contributed by atoms with Crippen molar-refractivity contribution < 1.29 is 9.53 Å². The van der Waals surface area contributed by atoms with Gasteiger partial charge in [-0.3, -0.25) is 4.79 Å². The van der Waals surface area contributed by atoms with E-state index in [1.807, 2.05) is 17.5 Å². The highest BCUT2D eigenvalue weighted by Gasteiger charge is 2.04. The molecule has 0 spiro atoms. The molecule has 17 heavy (non-hydrogen) atoms. The third-order valence-electron chi connectivity index (χ3n) is 2.37. The third-order valence-corrected chi connectivity index (χ3v) is 3.28. The molecule has 0 atom stereocenters. The van der Waals surface area contributed by atoms with Crippen LogP contribution in [-0.2, 0) is 4.74 Å². The van der Waals surface area contributed by atoms with Crippen LogP contribution in [0.2, 0.25) is 0 Å². The van der Waals surface area contributed by atoms with E-state index in [-0.39, 0.29) is 5.78 Å². The highest BCUT2D eigenvalue weighted by Crippen LogP contribution is 2.08. The van der Waals surface area contributed by atoms with E-state index in [1.165, 1.54) is 17.8 Å². The SMILES string of the molecule is CCCCOCCCNCC(=O)c1cccs1. The van der Waals surface area contributed by atoms with Crippen molar-refractivity contribution >= 4 is 17.1 Å². The lowest BCUT2D eigenvalue weighted by Crippen LogP contribution is -2.24. The lowest BCUT2D eigenvalue weighted by molar-refractivity contribution is 0.0990. The number of carbonyl (C=O) groups excluding carboxylic acids is 1. The first kappa shape index (κ1) is 14.4. The third kappa shape index (κ3) is 6.56. The molecular formula is C13H21NO2S. The fourth-order valence-electron chi connectivity index (χ4n) is 1.37. The van der Waals surface area contributed by atoms with Crippen molar-refractivity contribution in [1.29, 1.82) is 0 Å². The second-order valence-corrected chi connectivity index (χ2v) is 4.84. The molecule has 0 unspecified atom stereocenters. The molecule has 3 nitrogen and oxygen atoms in total. The van der Waals surface area contributed by atoms with Crippen LogP contribution in [0.3, 0.4) is 0 Å². The van der Waals surface area contributed by atoms with Gasteiger partial charge in [-0.15, -0.1) is 11.3 Å².